The van der Waals surface area contributed by atoms with Crippen LogP contribution in [0.5, 0.6) is 5.75 Å². The van der Waals surface area contributed by atoms with Gasteiger partial charge in [-0.15, -0.1) is 12.4 Å². The molecule has 2 N–H and O–H groups in total. The van der Waals surface area contributed by atoms with E-state index in [0.717, 1.165) is 31.1 Å². The van der Waals surface area contributed by atoms with Crippen molar-refractivity contribution in [2.45, 2.75) is 19.9 Å². The lowest BCUT2D eigenvalue weighted by Gasteiger charge is -2.33. The van der Waals surface area contributed by atoms with E-state index in [1.807, 2.05) is 31.2 Å². The summed E-state index contributed by atoms with van der Waals surface area (Å²) < 4.78 is 5.37. The number of halogens is 1. The van der Waals surface area contributed by atoms with E-state index in [0.29, 0.717) is 19.2 Å². The maximum atomic E-state index is 12.0. The van der Waals surface area contributed by atoms with Gasteiger partial charge in [-0.3, -0.25) is 9.69 Å². The van der Waals surface area contributed by atoms with Crippen molar-refractivity contribution in [2.24, 2.45) is 0 Å². The van der Waals surface area contributed by atoms with Gasteiger partial charge in [0.05, 0.1) is 13.2 Å². The largest absolute Gasteiger partial charge is 0.494 e. The second-order valence-electron chi connectivity index (χ2n) is 5.03. The van der Waals surface area contributed by atoms with E-state index in [-0.39, 0.29) is 18.3 Å². The average Bonchev–Trinajstić information content (AvgIpc) is 2.44. The standard InChI is InChI=1S/C15H23N3O2.ClH/c1-3-20-14-6-4-13(5-7-14)17-15(19)11-18-9-8-16-10-12(18)2;/h4-7,12,16H,3,8-11H2,1-2H3,(H,17,19);1H/t12-;/m0./s1. The van der Waals surface area contributed by atoms with Gasteiger partial charge in [0.15, 0.2) is 0 Å². The van der Waals surface area contributed by atoms with Crippen molar-refractivity contribution >= 4 is 24.0 Å². The van der Waals surface area contributed by atoms with Crippen molar-refractivity contribution in [1.29, 1.82) is 0 Å². The highest BCUT2D eigenvalue weighted by Gasteiger charge is 2.20. The quantitative estimate of drug-likeness (QED) is 0.869. The van der Waals surface area contributed by atoms with Crippen LogP contribution in [0.15, 0.2) is 24.3 Å². The van der Waals surface area contributed by atoms with Crippen molar-refractivity contribution in [2.75, 3.05) is 38.1 Å². The number of benzene rings is 1. The number of piperazine rings is 1. The molecular weight excluding hydrogens is 290 g/mol. The Morgan fingerprint density at radius 2 is 2.14 bits per heavy atom. The number of hydrogen-bond acceptors (Lipinski definition) is 4. The lowest BCUT2D eigenvalue weighted by Crippen LogP contribution is -2.51. The fraction of sp³-hybridized carbons (Fsp3) is 0.533. The number of nitrogens with one attached hydrogen (secondary N) is 2. The van der Waals surface area contributed by atoms with Crippen LogP contribution < -0.4 is 15.4 Å². The molecule has 5 nitrogen and oxygen atoms in total. The zero-order chi connectivity index (χ0) is 14.4. The number of nitrogens with zero attached hydrogens (tertiary/aromatic N) is 1. The summed E-state index contributed by atoms with van der Waals surface area (Å²) in [4.78, 5) is 14.2. The Balaban J connectivity index is 0.00000220. The number of hydrogen-bond donors (Lipinski definition) is 2. The van der Waals surface area contributed by atoms with Gasteiger partial charge in [0, 0.05) is 31.4 Å². The molecule has 0 spiro atoms. The third-order valence-electron chi connectivity index (χ3n) is 3.43. The summed E-state index contributed by atoms with van der Waals surface area (Å²) in [5.74, 6) is 0.851. The maximum absolute atomic E-state index is 12.0. The summed E-state index contributed by atoms with van der Waals surface area (Å²) in [7, 11) is 0. The van der Waals surface area contributed by atoms with Gasteiger partial charge in [-0.2, -0.15) is 0 Å². The molecular formula is C15H24ClN3O2. The van der Waals surface area contributed by atoms with Crippen LogP contribution in [0.1, 0.15) is 13.8 Å². The molecule has 1 aromatic rings. The fourth-order valence-corrected chi connectivity index (χ4v) is 2.30. The Hall–Kier alpha value is -1.30. The van der Waals surface area contributed by atoms with E-state index in [2.05, 4.69) is 22.5 Å². The van der Waals surface area contributed by atoms with Crippen LogP contribution in [-0.4, -0.2) is 49.6 Å². The Kier molecular flexibility index (Phi) is 7.50. The number of carbonyl (C=O) groups is 1. The lowest BCUT2D eigenvalue weighted by atomic mass is 10.2. The van der Waals surface area contributed by atoms with Crippen LogP contribution in [0.4, 0.5) is 5.69 Å². The first-order valence-electron chi connectivity index (χ1n) is 7.16. The molecule has 118 valence electrons. The van der Waals surface area contributed by atoms with E-state index in [4.69, 9.17) is 4.74 Å². The number of anilines is 1. The van der Waals surface area contributed by atoms with Crippen LogP contribution in [0.2, 0.25) is 0 Å². The molecule has 1 aromatic carbocycles. The second kappa shape index (κ2) is 8.87. The molecule has 0 radical (unpaired) electrons. The van der Waals surface area contributed by atoms with Gasteiger partial charge < -0.3 is 15.4 Å². The number of ether oxygens (including phenoxy) is 1. The van der Waals surface area contributed by atoms with Gasteiger partial charge in [0.1, 0.15) is 5.75 Å². The van der Waals surface area contributed by atoms with Crippen LogP contribution in [0.25, 0.3) is 0 Å². The number of carbonyl (C=O) groups excluding carboxylic acids is 1. The van der Waals surface area contributed by atoms with Crippen molar-refractivity contribution in [3.63, 3.8) is 0 Å². The van der Waals surface area contributed by atoms with Crippen LogP contribution in [-0.2, 0) is 4.79 Å². The molecule has 21 heavy (non-hydrogen) atoms. The Bertz CT molecular complexity index is 439. The molecule has 1 aliphatic rings. The van der Waals surface area contributed by atoms with E-state index in [1.54, 1.807) is 0 Å². The van der Waals surface area contributed by atoms with Gasteiger partial charge in [0.2, 0.25) is 5.91 Å². The lowest BCUT2D eigenvalue weighted by molar-refractivity contribution is -0.118. The third-order valence-corrected chi connectivity index (χ3v) is 3.43. The zero-order valence-electron chi connectivity index (χ0n) is 12.6. The second-order valence-corrected chi connectivity index (χ2v) is 5.03. The normalized spacial score (nSPS) is 18.7. The minimum Gasteiger partial charge on any atom is -0.494 e. The Labute approximate surface area is 132 Å². The molecule has 0 bridgehead atoms. The van der Waals surface area contributed by atoms with Crippen molar-refractivity contribution in [3.05, 3.63) is 24.3 Å². The van der Waals surface area contributed by atoms with E-state index in [1.165, 1.54) is 0 Å². The van der Waals surface area contributed by atoms with Crippen molar-refractivity contribution in [3.8, 4) is 5.75 Å². The fourth-order valence-electron chi connectivity index (χ4n) is 2.30. The predicted octanol–water partition coefficient (Wildman–Crippen LogP) is 1.74. The maximum Gasteiger partial charge on any atom is 0.238 e. The minimum absolute atomic E-state index is 0. The summed E-state index contributed by atoms with van der Waals surface area (Å²) in [6, 6.07) is 7.86. The van der Waals surface area contributed by atoms with Gasteiger partial charge in [-0.25, -0.2) is 0 Å². The van der Waals surface area contributed by atoms with Crippen molar-refractivity contribution < 1.29 is 9.53 Å². The molecule has 0 saturated carbocycles. The molecule has 1 aliphatic heterocycles. The first kappa shape index (κ1) is 17.8. The number of rotatable bonds is 5. The highest BCUT2D eigenvalue weighted by Crippen LogP contribution is 2.15. The van der Waals surface area contributed by atoms with Gasteiger partial charge >= 0.3 is 0 Å². The monoisotopic (exact) mass is 313 g/mol. The molecule has 1 fully saturated rings. The summed E-state index contributed by atoms with van der Waals surface area (Å²) in [6.45, 7) is 7.97. The minimum atomic E-state index is 0. The molecule has 1 heterocycles. The van der Waals surface area contributed by atoms with Gasteiger partial charge in [-0.1, -0.05) is 0 Å². The first-order chi connectivity index (χ1) is 9.69. The van der Waals surface area contributed by atoms with Gasteiger partial charge in [0.25, 0.3) is 0 Å². The summed E-state index contributed by atoms with van der Waals surface area (Å²) >= 11 is 0. The first-order valence-corrected chi connectivity index (χ1v) is 7.16. The molecule has 0 aromatic heterocycles. The van der Waals surface area contributed by atoms with Gasteiger partial charge in [-0.05, 0) is 38.1 Å². The zero-order valence-corrected chi connectivity index (χ0v) is 13.4. The van der Waals surface area contributed by atoms with Crippen LogP contribution >= 0.6 is 12.4 Å². The molecule has 2 rings (SSSR count). The molecule has 1 amide bonds. The Morgan fingerprint density at radius 3 is 2.76 bits per heavy atom. The molecule has 6 heteroatoms. The average molecular weight is 314 g/mol. The summed E-state index contributed by atoms with van der Waals surface area (Å²) in [5.41, 5.74) is 0.807. The van der Waals surface area contributed by atoms with Crippen LogP contribution in [0.3, 0.4) is 0 Å². The molecule has 0 unspecified atom stereocenters. The van der Waals surface area contributed by atoms with E-state index < -0.39 is 0 Å². The summed E-state index contributed by atoms with van der Waals surface area (Å²) in [6.07, 6.45) is 0. The Morgan fingerprint density at radius 1 is 1.43 bits per heavy atom. The number of amides is 1. The molecule has 1 atom stereocenters. The summed E-state index contributed by atoms with van der Waals surface area (Å²) in [5, 5.41) is 6.24. The molecule has 1 saturated heterocycles. The third kappa shape index (κ3) is 5.53. The predicted molar refractivity (Wildman–Crippen MR) is 87.4 cm³/mol. The smallest absolute Gasteiger partial charge is 0.238 e. The highest BCUT2D eigenvalue weighted by atomic mass is 35.5. The van der Waals surface area contributed by atoms with Crippen LogP contribution in [0, 0.1) is 0 Å². The van der Waals surface area contributed by atoms with Crippen molar-refractivity contribution in [1.82, 2.24) is 10.2 Å². The van der Waals surface area contributed by atoms with E-state index in [9.17, 15) is 4.79 Å². The topological polar surface area (TPSA) is 53.6 Å². The molecule has 0 aliphatic carbocycles. The highest BCUT2D eigenvalue weighted by molar-refractivity contribution is 5.92. The van der Waals surface area contributed by atoms with E-state index >= 15 is 0 Å². The SMILES string of the molecule is CCOc1ccc(NC(=O)CN2CCNC[C@@H]2C)cc1.Cl.